The highest BCUT2D eigenvalue weighted by molar-refractivity contribution is 7.20. The molecule has 0 radical (unpaired) electrons. The zero-order chi connectivity index (χ0) is 12.6. The van der Waals surface area contributed by atoms with Gasteiger partial charge in [-0.05, 0) is 29.9 Å². The molecule has 0 N–H and O–H groups in total. The number of thiophene rings is 1. The number of rotatable bonds is 8. The largest absolute Gasteiger partial charge is 0.244 e. The third-order valence-corrected chi connectivity index (χ3v) is 5.06. The lowest BCUT2D eigenvalue weighted by molar-refractivity contribution is 0.608. The Kier molecular flexibility index (Phi) is 5.88. The fraction of sp³-hybridized carbons (Fsp3) is 0.533. The van der Waals surface area contributed by atoms with Crippen LogP contribution in [0.3, 0.4) is 0 Å². The fourth-order valence-electron chi connectivity index (χ4n) is 2.15. The molecule has 0 aliphatic heterocycles. The summed E-state index contributed by atoms with van der Waals surface area (Å²) in [7, 11) is 0. The van der Waals surface area contributed by atoms with E-state index in [0.29, 0.717) is 0 Å². The molecule has 1 nitrogen and oxygen atoms in total. The summed E-state index contributed by atoms with van der Waals surface area (Å²) in [6, 6.07) is 2.27. The van der Waals surface area contributed by atoms with E-state index in [0.717, 1.165) is 0 Å². The highest BCUT2D eigenvalue weighted by atomic mass is 32.1. The van der Waals surface area contributed by atoms with Crippen LogP contribution < -0.4 is 0 Å². The number of thiazole rings is 1. The Bertz CT molecular complexity index is 431. The van der Waals surface area contributed by atoms with Crippen molar-refractivity contribution in [3.8, 4) is 9.88 Å². The molecule has 0 aromatic carbocycles. The number of hydrogen-bond donors (Lipinski definition) is 0. The molecule has 0 saturated carbocycles. The average Bonchev–Trinajstić information content (AvgIpc) is 3.03. The molecule has 0 amide bonds. The van der Waals surface area contributed by atoms with Crippen LogP contribution >= 0.6 is 22.7 Å². The van der Waals surface area contributed by atoms with E-state index in [4.69, 9.17) is 0 Å². The van der Waals surface area contributed by atoms with Crippen LogP contribution in [0.15, 0.2) is 23.0 Å². The van der Waals surface area contributed by atoms with Crippen LogP contribution in [0.5, 0.6) is 0 Å². The molecule has 0 aliphatic carbocycles. The molecule has 2 aromatic heterocycles. The summed E-state index contributed by atoms with van der Waals surface area (Å²) in [4.78, 5) is 5.80. The number of hydrogen-bond acceptors (Lipinski definition) is 3. The SMILES string of the molecule is CCCCCCCCc1ccsc1-c1nccs1. The smallest absolute Gasteiger partial charge is 0.133 e. The van der Waals surface area contributed by atoms with E-state index in [-0.39, 0.29) is 0 Å². The van der Waals surface area contributed by atoms with Gasteiger partial charge in [-0.15, -0.1) is 22.7 Å². The summed E-state index contributed by atoms with van der Waals surface area (Å²) in [5.41, 5.74) is 1.49. The van der Waals surface area contributed by atoms with E-state index in [1.165, 1.54) is 60.4 Å². The van der Waals surface area contributed by atoms with Gasteiger partial charge in [0.15, 0.2) is 0 Å². The van der Waals surface area contributed by atoms with Gasteiger partial charge in [-0.2, -0.15) is 0 Å². The van der Waals surface area contributed by atoms with Crippen LogP contribution in [-0.2, 0) is 6.42 Å². The number of nitrogens with zero attached hydrogens (tertiary/aromatic N) is 1. The molecule has 0 saturated heterocycles. The third-order valence-electron chi connectivity index (χ3n) is 3.17. The minimum Gasteiger partial charge on any atom is -0.244 e. The van der Waals surface area contributed by atoms with Crippen LogP contribution in [0, 0.1) is 0 Å². The minimum absolute atomic E-state index is 1.19. The van der Waals surface area contributed by atoms with Crippen molar-refractivity contribution in [3.63, 3.8) is 0 Å². The molecule has 0 aliphatic rings. The van der Waals surface area contributed by atoms with Gasteiger partial charge in [-0.25, -0.2) is 4.98 Å². The first kappa shape index (κ1) is 13.8. The predicted molar refractivity (Wildman–Crippen MR) is 82.5 cm³/mol. The summed E-state index contributed by atoms with van der Waals surface area (Å²) in [6.45, 7) is 2.27. The Balaban J connectivity index is 1.78. The van der Waals surface area contributed by atoms with Gasteiger partial charge in [-0.3, -0.25) is 0 Å². The van der Waals surface area contributed by atoms with E-state index >= 15 is 0 Å². The van der Waals surface area contributed by atoms with Crippen molar-refractivity contribution in [2.24, 2.45) is 0 Å². The monoisotopic (exact) mass is 279 g/mol. The molecule has 0 fully saturated rings. The zero-order valence-electron chi connectivity index (χ0n) is 11.0. The van der Waals surface area contributed by atoms with Crippen LogP contribution in [0.2, 0.25) is 0 Å². The Hall–Kier alpha value is -0.670. The lowest BCUT2D eigenvalue weighted by Crippen LogP contribution is -1.86. The maximum absolute atomic E-state index is 4.42. The van der Waals surface area contributed by atoms with Crippen molar-refractivity contribution in [1.29, 1.82) is 0 Å². The predicted octanol–water partition coefficient (Wildman–Crippen LogP) is 5.77. The maximum atomic E-state index is 4.42. The Labute approximate surface area is 118 Å². The minimum atomic E-state index is 1.19. The summed E-state index contributed by atoms with van der Waals surface area (Å²) >= 11 is 3.57. The molecule has 2 aromatic rings. The highest BCUT2D eigenvalue weighted by Gasteiger charge is 2.08. The van der Waals surface area contributed by atoms with Crippen molar-refractivity contribution in [1.82, 2.24) is 4.98 Å². The van der Waals surface area contributed by atoms with Crippen molar-refractivity contribution in [2.45, 2.75) is 51.9 Å². The van der Waals surface area contributed by atoms with Crippen molar-refractivity contribution < 1.29 is 0 Å². The molecular weight excluding hydrogens is 258 g/mol. The summed E-state index contributed by atoms with van der Waals surface area (Å²) < 4.78 is 0. The Morgan fingerprint density at radius 3 is 2.61 bits per heavy atom. The van der Waals surface area contributed by atoms with Crippen molar-refractivity contribution in [2.75, 3.05) is 0 Å². The third kappa shape index (κ3) is 3.92. The molecule has 0 bridgehead atoms. The van der Waals surface area contributed by atoms with E-state index in [9.17, 15) is 0 Å². The highest BCUT2D eigenvalue weighted by Crippen LogP contribution is 2.32. The van der Waals surface area contributed by atoms with E-state index in [1.807, 2.05) is 17.5 Å². The van der Waals surface area contributed by atoms with Gasteiger partial charge in [-0.1, -0.05) is 39.0 Å². The first-order chi connectivity index (χ1) is 8.92. The average molecular weight is 279 g/mol. The second-order valence-corrected chi connectivity index (χ2v) is 6.44. The van der Waals surface area contributed by atoms with Gasteiger partial charge >= 0.3 is 0 Å². The van der Waals surface area contributed by atoms with Crippen LogP contribution in [-0.4, -0.2) is 4.98 Å². The van der Waals surface area contributed by atoms with Gasteiger partial charge in [0, 0.05) is 11.6 Å². The molecule has 2 rings (SSSR count). The van der Waals surface area contributed by atoms with Crippen molar-refractivity contribution >= 4 is 22.7 Å². The molecule has 2 heterocycles. The lowest BCUT2D eigenvalue weighted by Gasteiger charge is -2.02. The van der Waals surface area contributed by atoms with Gasteiger partial charge < -0.3 is 0 Å². The zero-order valence-corrected chi connectivity index (χ0v) is 12.7. The molecule has 0 spiro atoms. The lowest BCUT2D eigenvalue weighted by atomic mass is 10.1. The molecule has 0 atom stereocenters. The molecule has 3 heteroatoms. The second kappa shape index (κ2) is 7.70. The van der Waals surface area contributed by atoms with E-state index < -0.39 is 0 Å². The quantitative estimate of drug-likeness (QED) is 0.559. The van der Waals surface area contributed by atoms with Crippen LogP contribution in [0.1, 0.15) is 51.0 Å². The molecule has 0 unspecified atom stereocenters. The molecule has 98 valence electrons. The van der Waals surface area contributed by atoms with E-state index in [2.05, 4.69) is 28.7 Å². The van der Waals surface area contributed by atoms with Crippen molar-refractivity contribution in [3.05, 3.63) is 28.6 Å². The van der Waals surface area contributed by atoms with Gasteiger partial charge in [0.1, 0.15) is 5.01 Å². The number of unbranched alkanes of at least 4 members (excludes halogenated alkanes) is 5. The van der Waals surface area contributed by atoms with Crippen LogP contribution in [0.25, 0.3) is 9.88 Å². The number of aryl methyl sites for hydroxylation is 1. The normalized spacial score (nSPS) is 10.9. The topological polar surface area (TPSA) is 12.9 Å². The number of aromatic nitrogens is 1. The first-order valence-corrected chi connectivity index (χ1v) is 8.64. The van der Waals surface area contributed by atoms with Gasteiger partial charge in [0.25, 0.3) is 0 Å². The van der Waals surface area contributed by atoms with E-state index in [1.54, 1.807) is 11.3 Å². The molecular formula is C15H21NS2. The maximum Gasteiger partial charge on any atom is 0.133 e. The Morgan fingerprint density at radius 2 is 1.83 bits per heavy atom. The van der Waals surface area contributed by atoms with Gasteiger partial charge in [0.05, 0.1) is 4.88 Å². The fourth-order valence-corrected chi connectivity index (χ4v) is 3.89. The van der Waals surface area contributed by atoms with Crippen LogP contribution in [0.4, 0.5) is 0 Å². The summed E-state index contributed by atoms with van der Waals surface area (Å²) in [6.07, 6.45) is 11.3. The second-order valence-electron chi connectivity index (χ2n) is 4.63. The molecule has 18 heavy (non-hydrogen) atoms. The van der Waals surface area contributed by atoms with Gasteiger partial charge in [0.2, 0.25) is 0 Å². The standard InChI is InChI=1S/C15H21NS2/c1-2-3-4-5-6-7-8-13-9-11-17-14(13)15-16-10-12-18-15/h9-12H,2-8H2,1H3. The summed E-state index contributed by atoms with van der Waals surface area (Å²) in [5, 5.41) is 5.44. The first-order valence-electron chi connectivity index (χ1n) is 6.88. The Morgan fingerprint density at radius 1 is 1.00 bits per heavy atom. The summed E-state index contributed by atoms with van der Waals surface area (Å²) in [5.74, 6) is 0.